The molecule has 0 saturated carbocycles. The number of carbonyl (C=O) groups is 1. The summed E-state index contributed by atoms with van der Waals surface area (Å²) in [5, 5.41) is 12.3. The summed E-state index contributed by atoms with van der Waals surface area (Å²) in [5.74, 6) is 0.147. The van der Waals surface area contributed by atoms with E-state index in [2.05, 4.69) is 5.32 Å². The molecule has 1 amide bonds. The van der Waals surface area contributed by atoms with E-state index in [4.69, 9.17) is 9.31 Å². The first kappa shape index (κ1) is 21.2. The predicted octanol–water partition coefficient (Wildman–Crippen LogP) is 4.21. The summed E-state index contributed by atoms with van der Waals surface area (Å²) in [4.78, 5) is 11.5. The van der Waals surface area contributed by atoms with Gasteiger partial charge in [-0.25, -0.2) is 0 Å². The zero-order chi connectivity index (χ0) is 21.2. The van der Waals surface area contributed by atoms with Gasteiger partial charge in [0, 0.05) is 13.5 Å². The second kappa shape index (κ2) is 8.05. The van der Waals surface area contributed by atoms with Crippen molar-refractivity contribution in [2.24, 2.45) is 0 Å². The number of carbonyl (C=O) groups excluding carboxylic acids is 1. The predicted molar refractivity (Wildman–Crippen MR) is 116 cm³/mol. The molecule has 2 aromatic carbocycles. The van der Waals surface area contributed by atoms with E-state index < -0.39 is 18.3 Å². The number of benzene rings is 2. The molecule has 1 aliphatic heterocycles. The third-order valence-electron chi connectivity index (χ3n) is 5.56. The standard InChI is InChI=1S/C23H28BNO4/c1-16(26)25-15-20(24-28-22(2,3)23(4,5)29-24)14-17-6-8-18(9-7-17)19-10-12-21(27)13-11-19/h6-14,27H,15H2,1-5H3,(H,25,26). The molecule has 1 aliphatic rings. The van der Waals surface area contributed by atoms with E-state index in [9.17, 15) is 9.90 Å². The minimum Gasteiger partial charge on any atom is -0.508 e. The summed E-state index contributed by atoms with van der Waals surface area (Å²) in [7, 11) is -0.524. The highest BCUT2D eigenvalue weighted by atomic mass is 16.7. The second-order valence-corrected chi connectivity index (χ2v) is 8.39. The van der Waals surface area contributed by atoms with Gasteiger partial charge in [-0.15, -0.1) is 0 Å². The molecule has 5 nitrogen and oxygen atoms in total. The average Bonchev–Trinajstić information content (AvgIpc) is 2.87. The molecular formula is C23H28BNO4. The van der Waals surface area contributed by atoms with Crippen molar-refractivity contribution in [1.29, 1.82) is 0 Å². The van der Waals surface area contributed by atoms with E-state index in [1.807, 2.05) is 70.2 Å². The third kappa shape index (κ3) is 4.89. The quantitative estimate of drug-likeness (QED) is 0.747. The monoisotopic (exact) mass is 393 g/mol. The van der Waals surface area contributed by atoms with Crippen LogP contribution in [0.1, 0.15) is 40.2 Å². The fourth-order valence-corrected chi connectivity index (χ4v) is 3.06. The Labute approximate surface area is 172 Å². The molecule has 0 spiro atoms. The van der Waals surface area contributed by atoms with Crippen molar-refractivity contribution in [3.63, 3.8) is 0 Å². The first-order chi connectivity index (χ1) is 13.6. The Balaban J connectivity index is 1.85. The minimum atomic E-state index is -0.524. The van der Waals surface area contributed by atoms with Crippen LogP contribution in [0.5, 0.6) is 5.75 Å². The highest BCUT2D eigenvalue weighted by Gasteiger charge is 2.52. The van der Waals surface area contributed by atoms with Crippen molar-refractivity contribution in [2.75, 3.05) is 6.54 Å². The normalized spacial score (nSPS) is 18.0. The molecule has 6 heteroatoms. The number of phenols is 1. The summed E-state index contributed by atoms with van der Waals surface area (Å²) in [6.45, 7) is 9.88. The van der Waals surface area contributed by atoms with Crippen molar-refractivity contribution >= 4 is 19.1 Å². The molecule has 1 saturated heterocycles. The lowest BCUT2D eigenvalue weighted by Crippen LogP contribution is -2.41. The minimum absolute atomic E-state index is 0.102. The molecule has 2 aromatic rings. The van der Waals surface area contributed by atoms with Crippen LogP contribution in [0.3, 0.4) is 0 Å². The van der Waals surface area contributed by atoms with Gasteiger partial charge < -0.3 is 19.7 Å². The number of hydrogen-bond donors (Lipinski definition) is 2. The number of hydrogen-bond acceptors (Lipinski definition) is 4. The Morgan fingerprint density at radius 3 is 1.93 bits per heavy atom. The first-order valence-corrected chi connectivity index (χ1v) is 9.77. The SMILES string of the molecule is CC(=O)NCC(=Cc1ccc(-c2ccc(O)cc2)cc1)B1OC(C)(C)C(C)(C)O1. The van der Waals surface area contributed by atoms with Gasteiger partial charge >= 0.3 is 7.12 Å². The molecule has 3 rings (SSSR count). The molecule has 0 aromatic heterocycles. The van der Waals surface area contributed by atoms with Crippen LogP contribution >= 0.6 is 0 Å². The molecule has 1 heterocycles. The number of amides is 1. The number of phenolic OH excluding ortho intramolecular Hbond substituents is 1. The van der Waals surface area contributed by atoms with Crippen LogP contribution in [0.25, 0.3) is 17.2 Å². The maximum absolute atomic E-state index is 11.5. The third-order valence-corrected chi connectivity index (χ3v) is 5.56. The molecular weight excluding hydrogens is 365 g/mol. The smallest absolute Gasteiger partial charge is 0.492 e. The zero-order valence-electron chi connectivity index (χ0n) is 17.7. The van der Waals surface area contributed by atoms with Crippen molar-refractivity contribution in [1.82, 2.24) is 5.32 Å². The van der Waals surface area contributed by atoms with E-state index in [0.29, 0.717) is 6.54 Å². The van der Waals surface area contributed by atoms with Crippen LogP contribution in [0, 0.1) is 0 Å². The summed E-state index contributed by atoms with van der Waals surface area (Å²) in [5.41, 5.74) is 3.04. The molecule has 2 N–H and O–H groups in total. The lowest BCUT2D eigenvalue weighted by molar-refractivity contribution is -0.118. The average molecular weight is 393 g/mol. The Morgan fingerprint density at radius 1 is 0.966 bits per heavy atom. The van der Waals surface area contributed by atoms with E-state index in [1.165, 1.54) is 6.92 Å². The first-order valence-electron chi connectivity index (χ1n) is 9.77. The Morgan fingerprint density at radius 2 is 1.45 bits per heavy atom. The van der Waals surface area contributed by atoms with Crippen LogP contribution in [0.2, 0.25) is 0 Å². The van der Waals surface area contributed by atoms with Crippen LogP contribution in [0.4, 0.5) is 0 Å². The molecule has 0 atom stereocenters. The van der Waals surface area contributed by atoms with Gasteiger partial charge in [0.2, 0.25) is 5.91 Å². The van der Waals surface area contributed by atoms with Crippen LogP contribution in [0.15, 0.2) is 54.0 Å². The van der Waals surface area contributed by atoms with E-state index in [1.54, 1.807) is 12.1 Å². The van der Waals surface area contributed by atoms with Crippen molar-refractivity contribution in [2.45, 2.75) is 45.8 Å². The maximum atomic E-state index is 11.5. The highest BCUT2D eigenvalue weighted by Crippen LogP contribution is 2.38. The van der Waals surface area contributed by atoms with Crippen LogP contribution in [-0.4, -0.2) is 35.9 Å². The number of rotatable bonds is 5. The molecule has 0 radical (unpaired) electrons. The summed E-state index contributed by atoms with van der Waals surface area (Å²) < 4.78 is 12.3. The lowest BCUT2D eigenvalue weighted by atomic mass is 9.77. The van der Waals surface area contributed by atoms with Gasteiger partial charge in [-0.3, -0.25) is 4.79 Å². The molecule has 0 aliphatic carbocycles. The van der Waals surface area contributed by atoms with Gasteiger partial charge in [-0.05, 0) is 62.0 Å². The lowest BCUT2D eigenvalue weighted by Gasteiger charge is -2.32. The van der Waals surface area contributed by atoms with Gasteiger partial charge in [0.15, 0.2) is 0 Å². The van der Waals surface area contributed by atoms with Crippen molar-refractivity contribution in [3.8, 4) is 16.9 Å². The Hall–Kier alpha value is -2.57. The molecule has 1 fully saturated rings. The zero-order valence-corrected chi connectivity index (χ0v) is 17.7. The Kier molecular flexibility index (Phi) is 5.87. The molecule has 0 bridgehead atoms. The fraction of sp³-hybridized carbons (Fsp3) is 0.348. The van der Waals surface area contributed by atoms with E-state index in [-0.39, 0.29) is 11.7 Å². The summed E-state index contributed by atoms with van der Waals surface area (Å²) in [6.07, 6.45) is 2.00. The number of aromatic hydroxyl groups is 1. The number of nitrogens with one attached hydrogen (secondary N) is 1. The summed E-state index contributed by atoms with van der Waals surface area (Å²) >= 11 is 0. The largest absolute Gasteiger partial charge is 0.508 e. The van der Waals surface area contributed by atoms with Gasteiger partial charge in [0.1, 0.15) is 5.75 Å². The topological polar surface area (TPSA) is 67.8 Å². The van der Waals surface area contributed by atoms with Gasteiger partial charge in [-0.2, -0.15) is 0 Å². The molecule has 152 valence electrons. The van der Waals surface area contributed by atoms with Gasteiger partial charge in [0.05, 0.1) is 11.2 Å². The second-order valence-electron chi connectivity index (χ2n) is 8.39. The van der Waals surface area contributed by atoms with Crippen molar-refractivity contribution in [3.05, 3.63) is 59.6 Å². The van der Waals surface area contributed by atoms with Crippen molar-refractivity contribution < 1.29 is 19.2 Å². The fourth-order valence-electron chi connectivity index (χ4n) is 3.06. The van der Waals surface area contributed by atoms with Gasteiger partial charge in [0.25, 0.3) is 0 Å². The van der Waals surface area contributed by atoms with E-state index in [0.717, 1.165) is 22.2 Å². The highest BCUT2D eigenvalue weighted by molar-refractivity contribution is 6.56. The molecule has 0 unspecified atom stereocenters. The Bertz CT molecular complexity index is 885. The van der Waals surface area contributed by atoms with Crippen LogP contribution in [-0.2, 0) is 14.1 Å². The maximum Gasteiger partial charge on any atom is 0.492 e. The van der Waals surface area contributed by atoms with Crippen LogP contribution < -0.4 is 5.32 Å². The summed E-state index contributed by atoms with van der Waals surface area (Å²) in [6, 6.07) is 15.2. The van der Waals surface area contributed by atoms with E-state index >= 15 is 0 Å². The molecule has 29 heavy (non-hydrogen) atoms. The van der Waals surface area contributed by atoms with Gasteiger partial charge in [-0.1, -0.05) is 42.5 Å².